The molecule has 16 heavy (non-hydrogen) atoms. The maximum Gasteiger partial charge on any atom is 0.183 e. The SMILES string of the molecule is CC(C)NC(C)(C#N)CCSc1ncn[nH]1. The molecule has 0 radical (unpaired) electrons. The Bertz CT molecular complexity index is 343. The molecule has 88 valence electrons. The number of nitrogens with one attached hydrogen (secondary N) is 2. The number of H-pyrrole nitrogens is 1. The smallest absolute Gasteiger partial charge is 0.183 e. The Hall–Kier alpha value is -1.06. The molecule has 0 amide bonds. The zero-order valence-corrected chi connectivity index (χ0v) is 10.6. The van der Waals surface area contributed by atoms with Gasteiger partial charge in [-0.05, 0) is 27.2 Å². The zero-order chi connectivity index (χ0) is 12.0. The number of hydrogen-bond acceptors (Lipinski definition) is 5. The van der Waals surface area contributed by atoms with Crippen molar-refractivity contribution in [1.82, 2.24) is 20.5 Å². The number of aromatic amines is 1. The van der Waals surface area contributed by atoms with Gasteiger partial charge in [-0.15, -0.1) is 0 Å². The maximum absolute atomic E-state index is 9.13. The Morgan fingerprint density at radius 1 is 1.69 bits per heavy atom. The first-order valence-electron chi connectivity index (χ1n) is 5.23. The van der Waals surface area contributed by atoms with E-state index in [1.54, 1.807) is 11.8 Å². The van der Waals surface area contributed by atoms with E-state index in [-0.39, 0.29) is 0 Å². The summed E-state index contributed by atoms with van der Waals surface area (Å²) >= 11 is 1.58. The summed E-state index contributed by atoms with van der Waals surface area (Å²) in [5, 5.41) is 19.7. The highest BCUT2D eigenvalue weighted by Crippen LogP contribution is 2.18. The molecule has 6 heteroatoms. The molecule has 5 nitrogen and oxygen atoms in total. The molecule has 1 aromatic rings. The Morgan fingerprint density at radius 3 is 2.94 bits per heavy atom. The molecular weight excluding hydrogens is 222 g/mol. The minimum atomic E-state index is -0.471. The summed E-state index contributed by atoms with van der Waals surface area (Å²) in [5.74, 6) is 0.832. The van der Waals surface area contributed by atoms with Gasteiger partial charge < -0.3 is 0 Å². The van der Waals surface area contributed by atoms with Crippen molar-refractivity contribution in [3.05, 3.63) is 6.33 Å². The van der Waals surface area contributed by atoms with Crippen LogP contribution < -0.4 is 5.32 Å². The average Bonchev–Trinajstić information content (AvgIpc) is 2.69. The second-order valence-electron chi connectivity index (χ2n) is 4.13. The lowest BCUT2D eigenvalue weighted by atomic mass is 10.0. The first kappa shape index (κ1) is 13.0. The minimum Gasteiger partial charge on any atom is -0.297 e. The van der Waals surface area contributed by atoms with Crippen LogP contribution in [-0.4, -0.2) is 32.5 Å². The minimum absolute atomic E-state index is 0.305. The van der Waals surface area contributed by atoms with Gasteiger partial charge in [0.05, 0.1) is 6.07 Å². The molecule has 1 rings (SSSR count). The van der Waals surface area contributed by atoms with Gasteiger partial charge in [-0.3, -0.25) is 10.4 Å². The number of nitriles is 1. The van der Waals surface area contributed by atoms with E-state index >= 15 is 0 Å². The predicted octanol–water partition coefficient (Wildman–Crippen LogP) is 1.57. The fourth-order valence-electron chi connectivity index (χ4n) is 1.41. The molecule has 0 aromatic carbocycles. The first-order valence-corrected chi connectivity index (χ1v) is 6.21. The van der Waals surface area contributed by atoms with E-state index in [9.17, 15) is 0 Å². The molecule has 0 spiro atoms. The standard InChI is InChI=1S/C10H17N5S/c1-8(2)14-10(3,6-11)4-5-16-9-12-7-13-15-9/h7-8,14H,4-5H2,1-3H3,(H,12,13,15). The summed E-state index contributed by atoms with van der Waals surface area (Å²) in [6.45, 7) is 6.01. The molecule has 1 aromatic heterocycles. The number of hydrogen-bond donors (Lipinski definition) is 2. The lowest BCUT2D eigenvalue weighted by Gasteiger charge is -2.25. The molecule has 0 saturated heterocycles. The molecular formula is C10H17N5S. The van der Waals surface area contributed by atoms with Crippen molar-refractivity contribution in [2.45, 2.75) is 43.9 Å². The molecule has 0 saturated carbocycles. The van der Waals surface area contributed by atoms with Crippen LogP contribution in [0.4, 0.5) is 0 Å². The molecule has 0 bridgehead atoms. The van der Waals surface area contributed by atoms with Crippen molar-refractivity contribution in [2.75, 3.05) is 5.75 Å². The molecule has 1 heterocycles. The van der Waals surface area contributed by atoms with Crippen molar-refractivity contribution >= 4 is 11.8 Å². The van der Waals surface area contributed by atoms with Crippen LogP contribution in [-0.2, 0) is 0 Å². The van der Waals surface area contributed by atoms with E-state index in [1.165, 1.54) is 6.33 Å². The second-order valence-corrected chi connectivity index (χ2v) is 5.22. The van der Waals surface area contributed by atoms with Gasteiger partial charge in [-0.1, -0.05) is 11.8 Å². The Kier molecular flexibility index (Phi) is 4.77. The Morgan fingerprint density at radius 2 is 2.44 bits per heavy atom. The van der Waals surface area contributed by atoms with Gasteiger partial charge in [0.15, 0.2) is 5.16 Å². The lowest BCUT2D eigenvalue weighted by Crippen LogP contribution is -2.45. The van der Waals surface area contributed by atoms with Crippen molar-refractivity contribution in [2.24, 2.45) is 0 Å². The van der Waals surface area contributed by atoms with Gasteiger partial charge in [-0.25, -0.2) is 4.98 Å². The van der Waals surface area contributed by atoms with Gasteiger partial charge in [-0.2, -0.15) is 10.4 Å². The fraction of sp³-hybridized carbons (Fsp3) is 0.700. The largest absolute Gasteiger partial charge is 0.297 e. The van der Waals surface area contributed by atoms with Gasteiger partial charge in [0, 0.05) is 11.8 Å². The van der Waals surface area contributed by atoms with Gasteiger partial charge >= 0.3 is 0 Å². The second kappa shape index (κ2) is 5.87. The van der Waals surface area contributed by atoms with Crippen molar-refractivity contribution in [1.29, 1.82) is 5.26 Å². The summed E-state index contributed by atoms with van der Waals surface area (Å²) in [4.78, 5) is 4.02. The molecule has 0 fully saturated rings. The average molecular weight is 239 g/mol. The number of nitrogens with zero attached hydrogens (tertiary/aromatic N) is 3. The van der Waals surface area contributed by atoms with E-state index < -0.39 is 5.54 Å². The van der Waals surface area contributed by atoms with Crippen LogP contribution in [0.3, 0.4) is 0 Å². The molecule has 1 atom stereocenters. The van der Waals surface area contributed by atoms with E-state index in [4.69, 9.17) is 5.26 Å². The fourth-order valence-corrected chi connectivity index (χ4v) is 2.36. The predicted molar refractivity (Wildman–Crippen MR) is 64.0 cm³/mol. The Balaban J connectivity index is 2.37. The molecule has 2 N–H and O–H groups in total. The van der Waals surface area contributed by atoms with Crippen LogP contribution in [0.5, 0.6) is 0 Å². The van der Waals surface area contributed by atoms with E-state index in [1.807, 2.05) is 20.8 Å². The van der Waals surface area contributed by atoms with Gasteiger partial charge in [0.25, 0.3) is 0 Å². The third-order valence-electron chi connectivity index (χ3n) is 2.09. The highest BCUT2D eigenvalue weighted by atomic mass is 32.2. The molecule has 0 aliphatic heterocycles. The Labute approximate surface area is 100 Å². The summed E-state index contributed by atoms with van der Waals surface area (Å²) < 4.78 is 0. The quantitative estimate of drug-likeness (QED) is 0.737. The van der Waals surface area contributed by atoms with Crippen LogP contribution in [0, 0.1) is 11.3 Å². The van der Waals surface area contributed by atoms with Crippen LogP contribution in [0.15, 0.2) is 11.5 Å². The van der Waals surface area contributed by atoms with E-state index in [0.717, 1.165) is 17.3 Å². The lowest BCUT2D eigenvalue weighted by molar-refractivity contribution is 0.397. The third-order valence-corrected chi connectivity index (χ3v) is 2.97. The first-order chi connectivity index (χ1) is 7.56. The maximum atomic E-state index is 9.13. The van der Waals surface area contributed by atoms with Gasteiger partial charge in [0.2, 0.25) is 0 Å². The number of rotatable bonds is 6. The molecule has 0 aliphatic rings. The summed E-state index contributed by atoms with van der Waals surface area (Å²) in [6, 6.07) is 2.62. The van der Waals surface area contributed by atoms with Crippen LogP contribution in [0.1, 0.15) is 27.2 Å². The molecule has 1 unspecified atom stereocenters. The monoisotopic (exact) mass is 239 g/mol. The zero-order valence-electron chi connectivity index (χ0n) is 9.82. The number of aromatic nitrogens is 3. The topological polar surface area (TPSA) is 77.4 Å². The van der Waals surface area contributed by atoms with Crippen LogP contribution in [0.2, 0.25) is 0 Å². The summed E-state index contributed by atoms with van der Waals surface area (Å²) in [7, 11) is 0. The van der Waals surface area contributed by atoms with Crippen molar-refractivity contribution in [3.8, 4) is 6.07 Å². The normalized spacial score (nSPS) is 14.7. The van der Waals surface area contributed by atoms with E-state index in [2.05, 4.69) is 26.6 Å². The summed E-state index contributed by atoms with van der Waals surface area (Å²) in [5.41, 5.74) is -0.471. The van der Waals surface area contributed by atoms with Crippen LogP contribution >= 0.6 is 11.8 Å². The van der Waals surface area contributed by atoms with Crippen LogP contribution in [0.25, 0.3) is 0 Å². The van der Waals surface area contributed by atoms with Crippen molar-refractivity contribution < 1.29 is 0 Å². The third kappa shape index (κ3) is 4.21. The summed E-state index contributed by atoms with van der Waals surface area (Å²) in [6.07, 6.45) is 2.26. The van der Waals surface area contributed by atoms with E-state index in [0.29, 0.717) is 6.04 Å². The molecule has 0 aliphatic carbocycles. The van der Waals surface area contributed by atoms with Gasteiger partial charge in [0.1, 0.15) is 11.9 Å². The highest BCUT2D eigenvalue weighted by Gasteiger charge is 2.23. The van der Waals surface area contributed by atoms with Crippen molar-refractivity contribution in [3.63, 3.8) is 0 Å². The number of thioether (sulfide) groups is 1. The highest BCUT2D eigenvalue weighted by molar-refractivity contribution is 7.99.